The maximum absolute atomic E-state index is 13.1. The summed E-state index contributed by atoms with van der Waals surface area (Å²) in [5.41, 5.74) is 2.13. The van der Waals surface area contributed by atoms with E-state index in [0.717, 1.165) is 12.0 Å². The topological polar surface area (TPSA) is 92.9 Å². The number of aliphatic hydroxyl groups is 1. The Balaban J connectivity index is 1.83. The lowest BCUT2D eigenvalue weighted by Crippen LogP contribution is -2.29. The number of carbonyl (C=O) groups is 2. The first kappa shape index (κ1) is 21.4. The van der Waals surface area contributed by atoms with Gasteiger partial charge in [-0.25, -0.2) is 0 Å². The number of hydrogen-bond donors (Lipinski definition) is 1. The predicted molar refractivity (Wildman–Crippen MR) is 119 cm³/mol. The van der Waals surface area contributed by atoms with Crippen LogP contribution in [0.1, 0.15) is 41.8 Å². The Morgan fingerprint density at radius 2 is 1.78 bits per heavy atom. The third kappa shape index (κ3) is 3.89. The molecule has 1 aliphatic heterocycles. The van der Waals surface area contributed by atoms with Crippen LogP contribution in [0, 0.1) is 13.8 Å². The van der Waals surface area contributed by atoms with Crippen LogP contribution in [0.25, 0.3) is 5.76 Å². The SMILES string of the molecule is CCCOc1ccc(C(O)=C2C(=O)C(=O)N(c3cc(C)on3)C2c2ccc(C)cc2)cc1. The molecule has 7 nitrogen and oxygen atoms in total. The zero-order valence-electron chi connectivity index (χ0n) is 18.2. The average Bonchev–Trinajstić information content (AvgIpc) is 3.33. The molecule has 7 heteroatoms. The van der Waals surface area contributed by atoms with E-state index in [4.69, 9.17) is 9.26 Å². The zero-order valence-corrected chi connectivity index (χ0v) is 18.2. The minimum Gasteiger partial charge on any atom is -0.507 e. The summed E-state index contributed by atoms with van der Waals surface area (Å²) in [6.07, 6.45) is 0.878. The number of rotatable bonds is 6. The van der Waals surface area contributed by atoms with Gasteiger partial charge in [0, 0.05) is 11.6 Å². The molecule has 3 aromatic rings. The fraction of sp³-hybridized carbons (Fsp3) is 0.240. The molecule has 1 saturated heterocycles. The molecule has 32 heavy (non-hydrogen) atoms. The van der Waals surface area contributed by atoms with Crippen molar-refractivity contribution in [2.45, 2.75) is 33.2 Å². The summed E-state index contributed by atoms with van der Waals surface area (Å²) in [6, 6.07) is 15.0. The molecular weight excluding hydrogens is 408 g/mol. The molecule has 1 aliphatic rings. The molecule has 0 radical (unpaired) electrons. The lowest BCUT2D eigenvalue weighted by molar-refractivity contribution is -0.132. The normalized spacial score (nSPS) is 17.7. The molecule has 1 unspecified atom stereocenters. The summed E-state index contributed by atoms with van der Waals surface area (Å²) in [5, 5.41) is 15.1. The van der Waals surface area contributed by atoms with Gasteiger partial charge in [-0.05, 0) is 50.1 Å². The number of aryl methyl sites for hydroxylation is 2. The van der Waals surface area contributed by atoms with Crippen LogP contribution in [-0.2, 0) is 9.59 Å². The van der Waals surface area contributed by atoms with Gasteiger partial charge in [-0.1, -0.05) is 41.9 Å². The molecule has 0 bridgehead atoms. The molecule has 2 heterocycles. The number of carbonyl (C=O) groups excluding carboxylic acids is 2. The number of ether oxygens (including phenoxy) is 1. The van der Waals surface area contributed by atoms with Crippen molar-refractivity contribution in [1.29, 1.82) is 0 Å². The van der Waals surface area contributed by atoms with E-state index in [2.05, 4.69) is 5.16 Å². The zero-order chi connectivity index (χ0) is 22.8. The van der Waals surface area contributed by atoms with Crippen molar-refractivity contribution in [3.63, 3.8) is 0 Å². The monoisotopic (exact) mass is 432 g/mol. The molecule has 1 atom stereocenters. The number of benzene rings is 2. The number of amides is 1. The maximum Gasteiger partial charge on any atom is 0.301 e. The first-order valence-electron chi connectivity index (χ1n) is 10.4. The van der Waals surface area contributed by atoms with Crippen molar-refractivity contribution >= 4 is 23.3 Å². The van der Waals surface area contributed by atoms with Crippen LogP contribution in [0.2, 0.25) is 0 Å². The summed E-state index contributed by atoms with van der Waals surface area (Å²) in [4.78, 5) is 27.4. The molecule has 0 spiro atoms. The molecule has 0 aliphatic carbocycles. The Morgan fingerprint density at radius 1 is 1.09 bits per heavy atom. The molecule has 1 N–H and O–H groups in total. The number of nitrogens with zero attached hydrogens (tertiary/aromatic N) is 2. The highest BCUT2D eigenvalue weighted by molar-refractivity contribution is 6.51. The predicted octanol–water partition coefficient (Wildman–Crippen LogP) is 4.71. The Hall–Kier alpha value is -3.87. The van der Waals surface area contributed by atoms with E-state index in [1.165, 1.54) is 4.90 Å². The van der Waals surface area contributed by atoms with E-state index in [1.807, 2.05) is 38.1 Å². The maximum atomic E-state index is 13.1. The molecular formula is C25H24N2O5. The Morgan fingerprint density at radius 3 is 2.38 bits per heavy atom. The third-order valence-corrected chi connectivity index (χ3v) is 5.30. The van der Waals surface area contributed by atoms with Crippen LogP contribution >= 0.6 is 0 Å². The minimum absolute atomic E-state index is 0.00160. The molecule has 4 rings (SSSR count). The molecule has 164 valence electrons. The summed E-state index contributed by atoms with van der Waals surface area (Å²) in [6.45, 7) is 6.25. The summed E-state index contributed by atoms with van der Waals surface area (Å²) in [7, 11) is 0. The van der Waals surface area contributed by atoms with E-state index in [-0.39, 0.29) is 17.2 Å². The van der Waals surface area contributed by atoms with Crippen molar-refractivity contribution < 1.29 is 24.0 Å². The molecule has 0 saturated carbocycles. The summed E-state index contributed by atoms with van der Waals surface area (Å²) >= 11 is 0. The Labute approximate surface area is 185 Å². The van der Waals surface area contributed by atoms with Gasteiger partial charge in [-0.3, -0.25) is 14.5 Å². The second-order valence-electron chi connectivity index (χ2n) is 7.75. The molecule has 1 fully saturated rings. The van der Waals surface area contributed by atoms with Crippen LogP contribution in [0.4, 0.5) is 5.82 Å². The van der Waals surface area contributed by atoms with Crippen LogP contribution in [0.15, 0.2) is 64.7 Å². The molecule has 2 aromatic carbocycles. The summed E-state index contributed by atoms with van der Waals surface area (Å²) in [5.74, 6) is -0.409. The highest BCUT2D eigenvalue weighted by Gasteiger charge is 2.48. The molecule has 1 amide bonds. The van der Waals surface area contributed by atoms with Gasteiger partial charge in [0.05, 0.1) is 18.2 Å². The average molecular weight is 432 g/mol. The van der Waals surface area contributed by atoms with Crippen molar-refractivity contribution in [1.82, 2.24) is 5.16 Å². The van der Waals surface area contributed by atoms with E-state index in [1.54, 1.807) is 37.3 Å². The molecule has 1 aromatic heterocycles. The quantitative estimate of drug-likeness (QED) is 0.345. The number of aromatic nitrogens is 1. The van der Waals surface area contributed by atoms with Gasteiger partial charge in [0.1, 0.15) is 17.3 Å². The van der Waals surface area contributed by atoms with Gasteiger partial charge in [0.2, 0.25) is 0 Å². The first-order chi connectivity index (χ1) is 15.4. The van der Waals surface area contributed by atoms with E-state index >= 15 is 0 Å². The van der Waals surface area contributed by atoms with Gasteiger partial charge in [-0.15, -0.1) is 0 Å². The van der Waals surface area contributed by atoms with Gasteiger partial charge in [0.25, 0.3) is 5.78 Å². The van der Waals surface area contributed by atoms with Crippen LogP contribution in [-0.4, -0.2) is 28.6 Å². The number of anilines is 1. The van der Waals surface area contributed by atoms with E-state index in [9.17, 15) is 14.7 Å². The highest BCUT2D eigenvalue weighted by Crippen LogP contribution is 2.42. The van der Waals surface area contributed by atoms with Crippen molar-refractivity contribution in [3.8, 4) is 5.75 Å². The Kier molecular flexibility index (Phi) is 5.81. The fourth-order valence-corrected chi connectivity index (χ4v) is 3.68. The van der Waals surface area contributed by atoms with Crippen LogP contribution in [0.3, 0.4) is 0 Å². The largest absolute Gasteiger partial charge is 0.507 e. The lowest BCUT2D eigenvalue weighted by atomic mass is 9.94. The highest BCUT2D eigenvalue weighted by atomic mass is 16.5. The fourth-order valence-electron chi connectivity index (χ4n) is 3.68. The number of Topliss-reactive ketones (excluding diaryl/α,β-unsaturated/α-hetero) is 1. The summed E-state index contributed by atoms with van der Waals surface area (Å²) < 4.78 is 10.7. The lowest BCUT2D eigenvalue weighted by Gasteiger charge is -2.23. The van der Waals surface area contributed by atoms with Gasteiger partial charge in [0.15, 0.2) is 5.82 Å². The van der Waals surface area contributed by atoms with Gasteiger partial charge >= 0.3 is 5.91 Å². The first-order valence-corrected chi connectivity index (χ1v) is 10.4. The van der Waals surface area contributed by atoms with Crippen LogP contribution in [0.5, 0.6) is 5.75 Å². The second kappa shape index (κ2) is 8.70. The van der Waals surface area contributed by atoms with E-state index in [0.29, 0.717) is 29.2 Å². The van der Waals surface area contributed by atoms with Gasteiger partial charge < -0.3 is 14.4 Å². The Bertz CT molecular complexity index is 1180. The standard InChI is InChI=1S/C25H24N2O5/c1-4-13-31-19-11-9-18(10-12-19)23(28)21-22(17-7-5-15(2)6-8-17)27(25(30)24(21)29)20-14-16(3)32-26-20/h5-12,14,22,28H,4,13H2,1-3H3. The number of hydrogen-bond acceptors (Lipinski definition) is 6. The van der Waals surface area contributed by atoms with Crippen molar-refractivity contribution in [3.05, 3.63) is 82.6 Å². The van der Waals surface area contributed by atoms with Crippen molar-refractivity contribution in [2.24, 2.45) is 0 Å². The smallest absolute Gasteiger partial charge is 0.301 e. The minimum atomic E-state index is -0.837. The van der Waals surface area contributed by atoms with Gasteiger partial charge in [-0.2, -0.15) is 0 Å². The second-order valence-corrected chi connectivity index (χ2v) is 7.75. The number of ketones is 1. The van der Waals surface area contributed by atoms with Crippen molar-refractivity contribution in [2.75, 3.05) is 11.5 Å². The van der Waals surface area contributed by atoms with Crippen LogP contribution < -0.4 is 9.64 Å². The number of aliphatic hydroxyl groups excluding tert-OH is 1. The van der Waals surface area contributed by atoms with E-state index < -0.39 is 17.7 Å². The third-order valence-electron chi connectivity index (χ3n) is 5.30.